The van der Waals surface area contributed by atoms with Gasteiger partial charge in [0.05, 0.1) is 0 Å². The molecule has 3 aromatic rings. The third-order valence-corrected chi connectivity index (χ3v) is 4.67. The van der Waals surface area contributed by atoms with Crippen LogP contribution in [0.25, 0.3) is 11.1 Å². The number of carbonyl (C=O) groups is 3. The molecule has 30 heavy (non-hydrogen) atoms. The highest BCUT2D eigenvalue weighted by atomic mass is 16.4. The topological polar surface area (TPSA) is 95.5 Å². The van der Waals surface area contributed by atoms with Gasteiger partial charge < -0.3 is 15.7 Å². The van der Waals surface area contributed by atoms with Crippen LogP contribution in [0.4, 0.5) is 5.69 Å². The van der Waals surface area contributed by atoms with E-state index in [9.17, 15) is 14.4 Å². The number of hydrogen-bond donors (Lipinski definition) is 3. The van der Waals surface area contributed by atoms with E-state index in [1.54, 1.807) is 49.5 Å². The molecule has 0 spiro atoms. The summed E-state index contributed by atoms with van der Waals surface area (Å²) < 4.78 is 0. The number of hydrogen-bond acceptors (Lipinski definition) is 3. The van der Waals surface area contributed by atoms with Gasteiger partial charge in [-0.05, 0) is 53.4 Å². The standard InChI is InChI=1S/C24H22N2O4/c1-25-23(29)19-9-5-10-20(15-19)26-24(30)18-8-4-7-17(14-18)21-11-3-2-6-16(21)12-13-22(27)28/h2-11,14-15H,12-13H2,1H3,(H,25,29)(H,26,30)(H,27,28). The summed E-state index contributed by atoms with van der Waals surface area (Å²) in [6, 6.07) is 21.4. The fourth-order valence-corrected chi connectivity index (χ4v) is 3.18. The van der Waals surface area contributed by atoms with Crippen LogP contribution in [0.1, 0.15) is 32.7 Å². The average molecular weight is 402 g/mol. The highest BCUT2D eigenvalue weighted by molar-refractivity contribution is 6.05. The van der Waals surface area contributed by atoms with E-state index in [1.165, 1.54) is 0 Å². The van der Waals surface area contributed by atoms with E-state index in [0.29, 0.717) is 23.2 Å². The van der Waals surface area contributed by atoms with Gasteiger partial charge in [-0.25, -0.2) is 0 Å². The van der Waals surface area contributed by atoms with Gasteiger partial charge in [0.15, 0.2) is 0 Å². The van der Waals surface area contributed by atoms with Crippen LogP contribution in [-0.4, -0.2) is 29.9 Å². The molecule has 0 saturated heterocycles. The second-order valence-corrected chi connectivity index (χ2v) is 6.75. The van der Waals surface area contributed by atoms with Gasteiger partial charge in [0.1, 0.15) is 0 Å². The van der Waals surface area contributed by atoms with Crippen molar-refractivity contribution in [2.75, 3.05) is 12.4 Å². The van der Waals surface area contributed by atoms with Gasteiger partial charge in [-0.15, -0.1) is 0 Å². The van der Waals surface area contributed by atoms with E-state index in [0.717, 1.165) is 16.7 Å². The lowest BCUT2D eigenvalue weighted by Crippen LogP contribution is -2.18. The molecule has 0 aliphatic heterocycles. The molecule has 0 saturated carbocycles. The number of carboxylic acids is 1. The van der Waals surface area contributed by atoms with Gasteiger partial charge in [0.25, 0.3) is 11.8 Å². The molecule has 0 unspecified atom stereocenters. The summed E-state index contributed by atoms with van der Waals surface area (Å²) in [6.07, 6.45) is 0.451. The van der Waals surface area contributed by atoms with Gasteiger partial charge in [0, 0.05) is 30.3 Å². The predicted octanol–water partition coefficient (Wildman–Crippen LogP) is 3.98. The molecular weight excluding hydrogens is 380 g/mol. The maximum Gasteiger partial charge on any atom is 0.303 e. The fourth-order valence-electron chi connectivity index (χ4n) is 3.18. The maximum atomic E-state index is 12.8. The molecule has 0 aliphatic carbocycles. The second kappa shape index (κ2) is 9.52. The lowest BCUT2D eigenvalue weighted by molar-refractivity contribution is -0.136. The van der Waals surface area contributed by atoms with Crippen LogP contribution in [-0.2, 0) is 11.2 Å². The molecule has 0 aromatic heterocycles. The summed E-state index contributed by atoms with van der Waals surface area (Å²) in [5.41, 5.74) is 4.09. The van der Waals surface area contributed by atoms with Crippen LogP contribution in [0.5, 0.6) is 0 Å². The molecule has 3 aromatic carbocycles. The molecule has 0 aliphatic rings. The monoisotopic (exact) mass is 402 g/mol. The Balaban J connectivity index is 1.83. The van der Waals surface area contributed by atoms with Crippen molar-refractivity contribution in [3.8, 4) is 11.1 Å². The van der Waals surface area contributed by atoms with Crippen molar-refractivity contribution in [1.82, 2.24) is 5.32 Å². The molecule has 6 heteroatoms. The molecule has 3 rings (SSSR count). The molecule has 6 nitrogen and oxygen atoms in total. The third kappa shape index (κ3) is 5.11. The van der Waals surface area contributed by atoms with Crippen molar-refractivity contribution in [3.63, 3.8) is 0 Å². The Morgan fingerprint density at radius 2 is 1.53 bits per heavy atom. The number of nitrogens with one attached hydrogen (secondary N) is 2. The van der Waals surface area contributed by atoms with E-state index in [2.05, 4.69) is 10.6 Å². The first-order valence-corrected chi connectivity index (χ1v) is 9.51. The highest BCUT2D eigenvalue weighted by Crippen LogP contribution is 2.26. The van der Waals surface area contributed by atoms with Gasteiger partial charge >= 0.3 is 5.97 Å². The van der Waals surface area contributed by atoms with Crippen LogP contribution in [0.2, 0.25) is 0 Å². The Kier molecular flexibility index (Phi) is 6.60. The first kappa shape index (κ1) is 20.8. The highest BCUT2D eigenvalue weighted by Gasteiger charge is 2.12. The molecule has 0 radical (unpaired) electrons. The second-order valence-electron chi connectivity index (χ2n) is 6.75. The molecule has 152 valence electrons. The SMILES string of the molecule is CNC(=O)c1cccc(NC(=O)c2cccc(-c3ccccc3CCC(=O)O)c2)c1. The van der Waals surface area contributed by atoms with Crippen molar-refractivity contribution in [1.29, 1.82) is 0 Å². The number of rotatable bonds is 7. The van der Waals surface area contributed by atoms with Crippen molar-refractivity contribution in [2.24, 2.45) is 0 Å². The largest absolute Gasteiger partial charge is 0.481 e. The van der Waals surface area contributed by atoms with Gasteiger partial charge in [-0.1, -0.05) is 42.5 Å². The van der Waals surface area contributed by atoms with E-state index in [-0.39, 0.29) is 18.2 Å². The smallest absolute Gasteiger partial charge is 0.303 e. The Morgan fingerprint density at radius 1 is 0.833 bits per heavy atom. The zero-order valence-corrected chi connectivity index (χ0v) is 16.5. The van der Waals surface area contributed by atoms with E-state index < -0.39 is 5.97 Å². The minimum atomic E-state index is -0.850. The molecule has 0 bridgehead atoms. The van der Waals surface area contributed by atoms with E-state index >= 15 is 0 Å². The summed E-state index contributed by atoms with van der Waals surface area (Å²) in [6.45, 7) is 0. The molecule has 3 N–H and O–H groups in total. The number of aryl methyl sites for hydroxylation is 1. The zero-order valence-electron chi connectivity index (χ0n) is 16.5. The van der Waals surface area contributed by atoms with Gasteiger partial charge in [-0.3, -0.25) is 14.4 Å². The van der Waals surface area contributed by atoms with Crippen LogP contribution in [0, 0.1) is 0 Å². The first-order chi connectivity index (χ1) is 14.5. The van der Waals surface area contributed by atoms with Gasteiger partial charge in [0.2, 0.25) is 0 Å². The van der Waals surface area contributed by atoms with Crippen molar-refractivity contribution in [2.45, 2.75) is 12.8 Å². The quantitative estimate of drug-likeness (QED) is 0.557. The maximum absolute atomic E-state index is 12.8. The summed E-state index contributed by atoms with van der Waals surface area (Å²) in [7, 11) is 1.55. The Morgan fingerprint density at radius 3 is 2.27 bits per heavy atom. The summed E-state index contributed by atoms with van der Waals surface area (Å²) in [5, 5.41) is 14.4. The molecule has 0 fully saturated rings. The number of aliphatic carboxylic acids is 1. The van der Waals surface area contributed by atoms with Crippen molar-refractivity contribution >= 4 is 23.5 Å². The van der Waals surface area contributed by atoms with Crippen LogP contribution in [0.3, 0.4) is 0 Å². The van der Waals surface area contributed by atoms with Crippen molar-refractivity contribution in [3.05, 3.63) is 89.5 Å². The summed E-state index contributed by atoms with van der Waals surface area (Å²) in [5.74, 6) is -1.38. The van der Waals surface area contributed by atoms with Gasteiger partial charge in [-0.2, -0.15) is 0 Å². The zero-order chi connectivity index (χ0) is 21.5. The normalized spacial score (nSPS) is 10.3. The average Bonchev–Trinajstić information content (AvgIpc) is 2.77. The number of benzene rings is 3. The number of carbonyl (C=O) groups excluding carboxylic acids is 2. The summed E-state index contributed by atoms with van der Waals surface area (Å²) >= 11 is 0. The van der Waals surface area contributed by atoms with Crippen LogP contribution < -0.4 is 10.6 Å². The predicted molar refractivity (Wildman–Crippen MR) is 116 cm³/mol. The molecule has 0 atom stereocenters. The lowest BCUT2D eigenvalue weighted by atomic mass is 9.95. The molecular formula is C24H22N2O4. The van der Waals surface area contributed by atoms with E-state index in [4.69, 9.17) is 5.11 Å². The fraction of sp³-hybridized carbons (Fsp3) is 0.125. The van der Waals surface area contributed by atoms with Crippen LogP contribution in [0.15, 0.2) is 72.8 Å². The minimum Gasteiger partial charge on any atom is -0.481 e. The third-order valence-electron chi connectivity index (χ3n) is 4.67. The minimum absolute atomic E-state index is 0.0405. The number of carboxylic acid groups (broad SMARTS) is 1. The van der Waals surface area contributed by atoms with Crippen molar-refractivity contribution < 1.29 is 19.5 Å². The Bertz CT molecular complexity index is 1090. The number of anilines is 1. The summed E-state index contributed by atoms with van der Waals surface area (Å²) in [4.78, 5) is 35.5. The first-order valence-electron chi connectivity index (χ1n) is 9.51. The number of amides is 2. The van der Waals surface area contributed by atoms with E-state index in [1.807, 2.05) is 30.3 Å². The Labute approximate surface area is 174 Å². The molecule has 2 amide bonds. The lowest BCUT2D eigenvalue weighted by Gasteiger charge is -2.11. The van der Waals surface area contributed by atoms with Crippen LogP contribution >= 0.6 is 0 Å². The Hall–Kier alpha value is -3.93. The molecule has 0 heterocycles.